The first-order valence-electron chi connectivity index (χ1n) is 6.97. The summed E-state index contributed by atoms with van der Waals surface area (Å²) in [5, 5.41) is 3.13. The molecule has 0 heterocycles. The van der Waals surface area contributed by atoms with Crippen LogP contribution in [0.1, 0.15) is 51.6 Å². The number of rotatable bonds is 6. The second-order valence-corrected chi connectivity index (χ2v) is 6.19. The first-order valence-corrected chi connectivity index (χ1v) is 6.97. The molecule has 0 bridgehead atoms. The Labute approximate surface area is 116 Å². The zero-order chi connectivity index (χ0) is 14.3. The topological polar surface area (TPSA) is 55.1 Å². The first-order chi connectivity index (χ1) is 8.92. The van der Waals surface area contributed by atoms with Crippen LogP contribution in [-0.4, -0.2) is 12.5 Å². The molecular weight excluding hydrogens is 236 g/mol. The summed E-state index contributed by atoms with van der Waals surface area (Å²) in [6, 6.07) is 10.2. The maximum absolute atomic E-state index is 11.9. The lowest BCUT2D eigenvalue weighted by Gasteiger charge is -2.27. The third kappa shape index (κ3) is 6.39. The largest absolute Gasteiger partial charge is 0.349 e. The predicted octanol–water partition coefficient (Wildman–Crippen LogP) is 3.02. The Kier molecular flexibility index (Phi) is 6.03. The molecule has 19 heavy (non-hydrogen) atoms. The van der Waals surface area contributed by atoms with E-state index in [1.807, 2.05) is 18.2 Å². The summed E-state index contributed by atoms with van der Waals surface area (Å²) in [7, 11) is 0. The van der Waals surface area contributed by atoms with Gasteiger partial charge in [-0.2, -0.15) is 0 Å². The molecule has 3 nitrogen and oxygen atoms in total. The first kappa shape index (κ1) is 15.7. The summed E-state index contributed by atoms with van der Waals surface area (Å²) in [5.74, 6) is 0.0866. The van der Waals surface area contributed by atoms with Gasteiger partial charge in [0.25, 0.3) is 0 Å². The summed E-state index contributed by atoms with van der Waals surface area (Å²) >= 11 is 0. The van der Waals surface area contributed by atoms with E-state index in [4.69, 9.17) is 5.73 Å². The van der Waals surface area contributed by atoms with E-state index in [9.17, 15) is 4.79 Å². The lowest BCUT2D eigenvalue weighted by molar-refractivity contribution is -0.122. The van der Waals surface area contributed by atoms with Crippen molar-refractivity contribution in [3.8, 4) is 0 Å². The van der Waals surface area contributed by atoms with Crippen LogP contribution in [0.25, 0.3) is 0 Å². The maximum Gasteiger partial charge on any atom is 0.220 e. The molecule has 3 N–H and O–H groups in total. The van der Waals surface area contributed by atoms with Crippen molar-refractivity contribution in [1.82, 2.24) is 5.32 Å². The highest BCUT2D eigenvalue weighted by Crippen LogP contribution is 2.29. The third-order valence-corrected chi connectivity index (χ3v) is 2.96. The Balaban J connectivity index is 2.73. The lowest BCUT2D eigenvalue weighted by atomic mass is 9.85. The minimum atomic E-state index is 0.0754. The van der Waals surface area contributed by atoms with Crippen molar-refractivity contribution in [3.05, 3.63) is 35.9 Å². The Morgan fingerprint density at radius 3 is 2.42 bits per heavy atom. The summed E-state index contributed by atoms with van der Waals surface area (Å²) in [6.45, 7) is 7.13. The molecule has 3 heteroatoms. The van der Waals surface area contributed by atoms with Gasteiger partial charge in [0.15, 0.2) is 0 Å². The Morgan fingerprint density at radius 1 is 1.26 bits per heavy atom. The molecule has 1 aromatic rings. The van der Waals surface area contributed by atoms with Crippen LogP contribution >= 0.6 is 0 Å². The van der Waals surface area contributed by atoms with Crippen LogP contribution < -0.4 is 11.1 Å². The number of carbonyl (C=O) groups excluding carboxylic acids is 1. The summed E-state index contributed by atoms with van der Waals surface area (Å²) in [6.07, 6.45) is 2.16. The molecule has 1 unspecified atom stereocenters. The van der Waals surface area contributed by atoms with Gasteiger partial charge in [-0.1, -0.05) is 51.1 Å². The van der Waals surface area contributed by atoms with E-state index in [0.717, 1.165) is 12.8 Å². The van der Waals surface area contributed by atoms with E-state index < -0.39 is 0 Å². The van der Waals surface area contributed by atoms with Crippen molar-refractivity contribution >= 4 is 5.91 Å². The van der Waals surface area contributed by atoms with E-state index in [2.05, 4.69) is 38.2 Å². The molecule has 1 amide bonds. The molecule has 1 aromatic carbocycles. The summed E-state index contributed by atoms with van der Waals surface area (Å²) < 4.78 is 0. The van der Waals surface area contributed by atoms with Crippen molar-refractivity contribution in [3.63, 3.8) is 0 Å². The molecule has 0 saturated heterocycles. The molecule has 0 aliphatic heterocycles. The second kappa shape index (κ2) is 7.29. The van der Waals surface area contributed by atoms with Gasteiger partial charge in [0, 0.05) is 6.42 Å². The van der Waals surface area contributed by atoms with E-state index >= 15 is 0 Å². The van der Waals surface area contributed by atoms with E-state index in [0.29, 0.717) is 13.0 Å². The minimum Gasteiger partial charge on any atom is -0.349 e. The van der Waals surface area contributed by atoms with Crippen LogP contribution in [0, 0.1) is 5.41 Å². The molecule has 0 fully saturated rings. The molecule has 106 valence electrons. The quantitative estimate of drug-likeness (QED) is 0.828. The molecular formula is C16H26N2O. The van der Waals surface area contributed by atoms with Gasteiger partial charge in [0.2, 0.25) is 5.91 Å². The molecule has 0 saturated carbocycles. The highest BCUT2D eigenvalue weighted by atomic mass is 16.1. The van der Waals surface area contributed by atoms with Gasteiger partial charge >= 0.3 is 0 Å². The van der Waals surface area contributed by atoms with E-state index in [-0.39, 0.29) is 17.4 Å². The molecule has 1 rings (SSSR count). The number of amides is 1. The zero-order valence-corrected chi connectivity index (χ0v) is 12.3. The van der Waals surface area contributed by atoms with Gasteiger partial charge in [0.05, 0.1) is 6.04 Å². The van der Waals surface area contributed by atoms with Crippen molar-refractivity contribution in [2.24, 2.45) is 11.1 Å². The smallest absolute Gasteiger partial charge is 0.220 e. The highest BCUT2D eigenvalue weighted by Gasteiger charge is 2.21. The van der Waals surface area contributed by atoms with Crippen LogP contribution in [-0.2, 0) is 4.79 Å². The van der Waals surface area contributed by atoms with Gasteiger partial charge in [-0.25, -0.2) is 0 Å². The van der Waals surface area contributed by atoms with Crippen LogP contribution in [0.4, 0.5) is 0 Å². The molecule has 0 radical (unpaired) electrons. The van der Waals surface area contributed by atoms with Crippen LogP contribution in [0.15, 0.2) is 30.3 Å². The van der Waals surface area contributed by atoms with Crippen molar-refractivity contribution in [2.75, 3.05) is 6.54 Å². The number of hydrogen-bond acceptors (Lipinski definition) is 2. The number of benzene rings is 1. The Morgan fingerprint density at radius 2 is 1.89 bits per heavy atom. The average molecular weight is 262 g/mol. The van der Waals surface area contributed by atoms with E-state index in [1.54, 1.807) is 0 Å². The highest BCUT2D eigenvalue weighted by molar-refractivity contribution is 5.76. The molecule has 0 aliphatic rings. The van der Waals surface area contributed by atoms with Crippen LogP contribution in [0.2, 0.25) is 0 Å². The monoisotopic (exact) mass is 262 g/mol. The summed E-state index contributed by atoms with van der Waals surface area (Å²) in [5.41, 5.74) is 6.77. The third-order valence-electron chi connectivity index (χ3n) is 2.96. The number of nitrogens with two attached hydrogens (primary N) is 1. The zero-order valence-electron chi connectivity index (χ0n) is 12.3. The number of hydrogen-bond donors (Lipinski definition) is 2. The van der Waals surface area contributed by atoms with Gasteiger partial charge in [-0.3, -0.25) is 4.79 Å². The van der Waals surface area contributed by atoms with Crippen LogP contribution in [0.5, 0.6) is 0 Å². The molecule has 1 atom stereocenters. The molecule has 0 spiro atoms. The van der Waals surface area contributed by atoms with Gasteiger partial charge in [0.1, 0.15) is 0 Å². The number of nitrogens with one attached hydrogen (secondary N) is 1. The van der Waals surface area contributed by atoms with Crippen LogP contribution in [0.3, 0.4) is 0 Å². The molecule has 0 aliphatic carbocycles. The number of carbonyl (C=O) groups is 1. The fraction of sp³-hybridized carbons (Fsp3) is 0.562. The maximum atomic E-state index is 11.9. The predicted molar refractivity (Wildman–Crippen MR) is 79.7 cm³/mol. The fourth-order valence-corrected chi connectivity index (χ4v) is 2.08. The SMILES string of the molecule is CC(C)(C)CC(NC(=O)CCCN)c1ccccc1. The summed E-state index contributed by atoms with van der Waals surface area (Å²) in [4.78, 5) is 11.9. The fourth-order valence-electron chi connectivity index (χ4n) is 2.08. The Bertz CT molecular complexity index is 381. The lowest BCUT2D eigenvalue weighted by Crippen LogP contribution is -2.31. The Hall–Kier alpha value is -1.35. The standard InChI is InChI=1S/C16H26N2O/c1-16(2,3)12-14(13-8-5-4-6-9-13)18-15(19)10-7-11-17/h4-6,8-9,14H,7,10-12,17H2,1-3H3,(H,18,19). The van der Waals surface area contributed by atoms with Crippen molar-refractivity contribution in [1.29, 1.82) is 0 Å². The van der Waals surface area contributed by atoms with Gasteiger partial charge < -0.3 is 11.1 Å². The second-order valence-electron chi connectivity index (χ2n) is 6.19. The van der Waals surface area contributed by atoms with Gasteiger partial charge in [-0.05, 0) is 30.4 Å². The molecule has 0 aromatic heterocycles. The average Bonchev–Trinajstić information content (AvgIpc) is 2.35. The normalized spacial score (nSPS) is 13.1. The van der Waals surface area contributed by atoms with Gasteiger partial charge in [-0.15, -0.1) is 0 Å². The van der Waals surface area contributed by atoms with E-state index in [1.165, 1.54) is 5.56 Å². The van der Waals surface area contributed by atoms with Crippen molar-refractivity contribution < 1.29 is 4.79 Å². The minimum absolute atomic E-state index is 0.0754. The van der Waals surface area contributed by atoms with Crippen molar-refractivity contribution in [2.45, 2.75) is 46.1 Å².